The summed E-state index contributed by atoms with van der Waals surface area (Å²) >= 11 is 0. The number of esters is 2. The van der Waals surface area contributed by atoms with Crippen LogP contribution in [0.25, 0.3) is 0 Å². The van der Waals surface area contributed by atoms with Crippen LogP contribution in [0.4, 0.5) is 0 Å². The Labute approximate surface area is 177 Å². The number of carbonyl (C=O) groups excluding carboxylic acids is 2. The molecule has 0 saturated carbocycles. The van der Waals surface area contributed by atoms with Crippen LogP contribution >= 0.6 is 0 Å². The Morgan fingerprint density at radius 1 is 1.14 bits per heavy atom. The minimum absolute atomic E-state index is 0.223. The third kappa shape index (κ3) is 9.33. The molecule has 0 aliphatic carbocycles. The van der Waals surface area contributed by atoms with Crippen molar-refractivity contribution < 1.29 is 24.2 Å². The number of ether oxygens (including phenoxy) is 2. The predicted molar refractivity (Wildman–Crippen MR) is 115 cm³/mol. The summed E-state index contributed by atoms with van der Waals surface area (Å²) in [6.07, 6.45) is 9.39. The van der Waals surface area contributed by atoms with E-state index in [0.717, 1.165) is 12.8 Å². The second kappa shape index (κ2) is 13.8. The molecule has 1 saturated heterocycles. The summed E-state index contributed by atoms with van der Waals surface area (Å²) in [4.78, 5) is 24.5. The molecule has 1 heterocycles. The zero-order valence-electron chi connectivity index (χ0n) is 19.1. The highest BCUT2D eigenvalue weighted by atomic mass is 16.6. The van der Waals surface area contributed by atoms with Gasteiger partial charge in [0.2, 0.25) is 0 Å². The normalized spacial score (nSPS) is 19.4. The van der Waals surface area contributed by atoms with Crippen LogP contribution in [0.2, 0.25) is 0 Å². The van der Waals surface area contributed by atoms with Crippen molar-refractivity contribution in [3.8, 4) is 0 Å². The number of hydrogen-bond acceptors (Lipinski definition) is 5. The van der Waals surface area contributed by atoms with Gasteiger partial charge in [0.25, 0.3) is 0 Å². The summed E-state index contributed by atoms with van der Waals surface area (Å²) in [7, 11) is 0. The summed E-state index contributed by atoms with van der Waals surface area (Å²) in [6.45, 7) is 10.3. The molecular weight excluding hydrogens is 368 g/mol. The first-order valence-corrected chi connectivity index (χ1v) is 11.5. The second-order valence-electron chi connectivity index (χ2n) is 9.00. The molecule has 0 spiro atoms. The molecular formula is C24H42O5. The zero-order valence-corrected chi connectivity index (χ0v) is 19.1. The van der Waals surface area contributed by atoms with Gasteiger partial charge in [-0.3, -0.25) is 4.79 Å². The van der Waals surface area contributed by atoms with E-state index in [-0.39, 0.29) is 24.5 Å². The van der Waals surface area contributed by atoms with Crippen LogP contribution in [0.3, 0.4) is 0 Å². The number of hydrogen-bond donors (Lipinski definition) is 1. The van der Waals surface area contributed by atoms with Crippen LogP contribution in [0.15, 0.2) is 11.6 Å². The zero-order chi connectivity index (χ0) is 21.8. The fourth-order valence-corrected chi connectivity index (χ4v) is 4.01. The molecule has 29 heavy (non-hydrogen) atoms. The topological polar surface area (TPSA) is 72.8 Å². The lowest BCUT2D eigenvalue weighted by Crippen LogP contribution is -2.35. The van der Waals surface area contributed by atoms with Gasteiger partial charge in [0.15, 0.2) is 6.10 Å². The van der Waals surface area contributed by atoms with Crippen molar-refractivity contribution in [2.24, 2.45) is 17.8 Å². The lowest BCUT2D eigenvalue weighted by Gasteiger charge is -2.26. The van der Waals surface area contributed by atoms with E-state index < -0.39 is 12.2 Å². The van der Waals surface area contributed by atoms with Gasteiger partial charge in [-0.1, -0.05) is 72.8 Å². The summed E-state index contributed by atoms with van der Waals surface area (Å²) < 4.78 is 10.9. The highest BCUT2D eigenvalue weighted by Crippen LogP contribution is 2.28. The SMILES string of the molecule is CCCCCCCC/C=C1/C[C@@H]([C@H](CO)OC(=O)CC(C(C)C)C(C)C)OC1=O. The van der Waals surface area contributed by atoms with Gasteiger partial charge >= 0.3 is 11.9 Å². The molecule has 168 valence electrons. The summed E-state index contributed by atoms with van der Waals surface area (Å²) in [5, 5.41) is 9.69. The fraction of sp³-hybridized carbons (Fsp3) is 0.833. The minimum atomic E-state index is -0.800. The Bertz CT molecular complexity index is 515. The molecule has 0 unspecified atom stereocenters. The molecule has 5 heteroatoms. The molecule has 2 atom stereocenters. The van der Waals surface area contributed by atoms with Gasteiger partial charge < -0.3 is 14.6 Å². The van der Waals surface area contributed by atoms with Gasteiger partial charge in [-0.05, 0) is 30.6 Å². The summed E-state index contributed by atoms with van der Waals surface area (Å²) in [5.74, 6) is 0.280. The van der Waals surface area contributed by atoms with E-state index in [1.54, 1.807) is 0 Å². The van der Waals surface area contributed by atoms with Crippen LogP contribution in [-0.4, -0.2) is 35.9 Å². The van der Waals surface area contributed by atoms with Gasteiger partial charge in [-0.2, -0.15) is 0 Å². The van der Waals surface area contributed by atoms with Gasteiger partial charge in [-0.15, -0.1) is 0 Å². The molecule has 0 aromatic heterocycles. The summed E-state index contributed by atoms with van der Waals surface area (Å²) in [5.41, 5.74) is 0.639. The molecule has 1 aliphatic rings. The molecule has 1 aliphatic heterocycles. The van der Waals surface area contributed by atoms with E-state index in [0.29, 0.717) is 30.3 Å². The van der Waals surface area contributed by atoms with Gasteiger partial charge in [0.1, 0.15) is 6.10 Å². The Kier molecular flexibility index (Phi) is 12.2. The number of carbonyl (C=O) groups is 2. The van der Waals surface area contributed by atoms with Crippen molar-refractivity contribution in [3.63, 3.8) is 0 Å². The quantitative estimate of drug-likeness (QED) is 0.242. The van der Waals surface area contributed by atoms with Crippen LogP contribution in [0, 0.1) is 17.8 Å². The molecule has 0 radical (unpaired) electrons. The van der Waals surface area contributed by atoms with Crippen molar-refractivity contribution in [3.05, 3.63) is 11.6 Å². The number of aliphatic hydroxyl groups excluding tert-OH is 1. The number of aliphatic hydroxyl groups is 1. The predicted octanol–water partition coefficient (Wildman–Crippen LogP) is 5.20. The van der Waals surface area contributed by atoms with Crippen LogP contribution in [-0.2, 0) is 19.1 Å². The van der Waals surface area contributed by atoms with Gasteiger partial charge in [-0.25, -0.2) is 4.79 Å². The Morgan fingerprint density at radius 2 is 1.76 bits per heavy atom. The van der Waals surface area contributed by atoms with Crippen molar-refractivity contribution in [2.75, 3.05) is 6.61 Å². The standard InChI is InChI=1S/C24H42O5/c1-6-7-8-9-10-11-12-13-19-14-21(29-24(19)27)22(16-25)28-23(26)15-20(17(2)3)18(4)5/h13,17-18,20-22,25H,6-12,14-16H2,1-5H3/b19-13-/t21-,22-/m0/s1. The molecule has 0 amide bonds. The van der Waals surface area contributed by atoms with Crippen molar-refractivity contribution in [1.29, 1.82) is 0 Å². The molecule has 0 bridgehead atoms. The Balaban J connectivity index is 2.49. The van der Waals surface area contributed by atoms with Gasteiger partial charge in [0.05, 0.1) is 6.61 Å². The van der Waals surface area contributed by atoms with Crippen LogP contribution in [0.1, 0.15) is 92.4 Å². The van der Waals surface area contributed by atoms with E-state index in [1.165, 1.54) is 32.1 Å². The third-order valence-corrected chi connectivity index (χ3v) is 5.88. The average molecular weight is 411 g/mol. The molecule has 1 fully saturated rings. The van der Waals surface area contributed by atoms with E-state index >= 15 is 0 Å². The first-order valence-electron chi connectivity index (χ1n) is 11.5. The van der Waals surface area contributed by atoms with Crippen molar-refractivity contribution in [2.45, 2.75) is 105 Å². The fourth-order valence-electron chi connectivity index (χ4n) is 4.01. The third-order valence-electron chi connectivity index (χ3n) is 5.88. The van der Waals surface area contributed by atoms with Crippen LogP contribution in [0.5, 0.6) is 0 Å². The molecule has 0 aromatic rings. The molecule has 5 nitrogen and oxygen atoms in total. The number of unbranched alkanes of at least 4 members (excludes halogenated alkanes) is 6. The minimum Gasteiger partial charge on any atom is -0.456 e. The Hall–Kier alpha value is -1.36. The van der Waals surface area contributed by atoms with E-state index in [9.17, 15) is 14.7 Å². The highest BCUT2D eigenvalue weighted by Gasteiger charge is 2.37. The molecule has 1 N–H and O–H groups in total. The van der Waals surface area contributed by atoms with Crippen molar-refractivity contribution >= 4 is 11.9 Å². The smallest absolute Gasteiger partial charge is 0.334 e. The number of allylic oxidation sites excluding steroid dienone is 1. The Morgan fingerprint density at radius 3 is 2.34 bits per heavy atom. The lowest BCUT2D eigenvalue weighted by atomic mass is 9.83. The lowest BCUT2D eigenvalue weighted by molar-refractivity contribution is -0.165. The van der Waals surface area contributed by atoms with E-state index in [2.05, 4.69) is 34.6 Å². The maximum atomic E-state index is 12.4. The highest BCUT2D eigenvalue weighted by molar-refractivity contribution is 5.90. The van der Waals surface area contributed by atoms with Crippen molar-refractivity contribution in [1.82, 2.24) is 0 Å². The number of cyclic esters (lactones) is 1. The largest absolute Gasteiger partial charge is 0.456 e. The maximum Gasteiger partial charge on any atom is 0.334 e. The van der Waals surface area contributed by atoms with E-state index in [4.69, 9.17) is 9.47 Å². The monoisotopic (exact) mass is 410 g/mol. The first kappa shape index (κ1) is 25.7. The average Bonchev–Trinajstić information content (AvgIpc) is 3.03. The van der Waals surface area contributed by atoms with E-state index in [1.807, 2.05) is 6.08 Å². The summed E-state index contributed by atoms with van der Waals surface area (Å²) in [6, 6.07) is 0. The second-order valence-corrected chi connectivity index (χ2v) is 9.00. The first-order chi connectivity index (χ1) is 13.8. The number of rotatable bonds is 14. The maximum absolute atomic E-state index is 12.4. The molecule has 0 aromatic carbocycles. The molecule has 1 rings (SSSR count). The van der Waals surface area contributed by atoms with Gasteiger partial charge in [0, 0.05) is 18.4 Å². The van der Waals surface area contributed by atoms with Crippen LogP contribution < -0.4 is 0 Å².